The quantitative estimate of drug-likeness (QED) is 0.803. The van der Waals surface area contributed by atoms with E-state index in [4.69, 9.17) is 11.6 Å². The second-order valence-corrected chi connectivity index (χ2v) is 7.70. The monoisotopic (exact) mass is 375 g/mol. The zero-order chi connectivity index (χ0) is 17.9. The Bertz CT molecular complexity index is 740. The molecule has 24 heavy (non-hydrogen) atoms. The third-order valence-electron chi connectivity index (χ3n) is 3.54. The Balaban J connectivity index is 1.85. The highest BCUT2D eigenvalue weighted by atomic mass is 35.5. The van der Waals surface area contributed by atoms with Gasteiger partial charge in [0, 0.05) is 11.6 Å². The molecule has 2 N–H and O–H groups in total. The molecule has 1 heterocycles. The van der Waals surface area contributed by atoms with Gasteiger partial charge in [-0.15, -0.1) is 0 Å². The number of aliphatic hydroxyl groups is 1. The number of imide groups is 1. The second-order valence-electron chi connectivity index (χ2n) is 5.36. The lowest BCUT2D eigenvalue weighted by Crippen LogP contribution is -2.44. The molecule has 0 saturated carbocycles. The van der Waals surface area contributed by atoms with Crippen molar-refractivity contribution in [3.8, 4) is 0 Å². The largest absolute Gasteiger partial charge is 0.388 e. The van der Waals surface area contributed by atoms with Crippen LogP contribution in [0.15, 0.2) is 24.3 Å². The molecule has 1 aliphatic heterocycles. The Kier molecular flexibility index (Phi) is 5.68. The molecule has 10 heteroatoms. The fourth-order valence-electron chi connectivity index (χ4n) is 2.30. The van der Waals surface area contributed by atoms with Crippen LogP contribution in [0.25, 0.3) is 0 Å². The van der Waals surface area contributed by atoms with E-state index in [0.29, 0.717) is 14.9 Å². The maximum absolute atomic E-state index is 12.0. The number of nitrogens with zero attached hydrogens (tertiary/aromatic N) is 2. The molecule has 0 unspecified atom stereocenters. The number of amides is 4. The van der Waals surface area contributed by atoms with Gasteiger partial charge >= 0.3 is 12.1 Å². The summed E-state index contributed by atoms with van der Waals surface area (Å²) >= 11 is 5.85. The third kappa shape index (κ3) is 4.37. The summed E-state index contributed by atoms with van der Waals surface area (Å²) in [6.45, 7) is 0.0555. The van der Waals surface area contributed by atoms with Gasteiger partial charge in [-0.25, -0.2) is 27.2 Å². The van der Waals surface area contributed by atoms with E-state index in [1.54, 1.807) is 24.3 Å². The first-order chi connectivity index (χ1) is 11.2. The molecule has 0 aromatic heterocycles. The summed E-state index contributed by atoms with van der Waals surface area (Å²) in [7, 11) is -3.68. The zero-order valence-corrected chi connectivity index (χ0v) is 14.5. The van der Waals surface area contributed by atoms with E-state index in [2.05, 4.69) is 5.32 Å². The van der Waals surface area contributed by atoms with Crippen LogP contribution in [-0.2, 0) is 10.0 Å². The van der Waals surface area contributed by atoms with Crippen molar-refractivity contribution in [2.24, 2.45) is 0 Å². The Morgan fingerprint density at radius 3 is 2.71 bits per heavy atom. The van der Waals surface area contributed by atoms with Crippen LogP contribution in [0.1, 0.15) is 18.1 Å². The van der Waals surface area contributed by atoms with Crippen LogP contribution in [0.4, 0.5) is 9.59 Å². The van der Waals surface area contributed by atoms with Gasteiger partial charge in [-0.3, -0.25) is 0 Å². The average molecular weight is 376 g/mol. The number of urea groups is 2. The predicted molar refractivity (Wildman–Crippen MR) is 88.1 cm³/mol. The minimum Gasteiger partial charge on any atom is -0.388 e. The normalized spacial score (nSPS) is 16.4. The molecule has 1 fully saturated rings. The molecule has 1 saturated heterocycles. The van der Waals surface area contributed by atoms with Crippen molar-refractivity contribution in [1.82, 2.24) is 14.5 Å². The Morgan fingerprint density at radius 1 is 1.42 bits per heavy atom. The molecule has 1 aliphatic rings. The van der Waals surface area contributed by atoms with Crippen LogP contribution in [0.5, 0.6) is 0 Å². The minimum absolute atomic E-state index is 0.00537. The van der Waals surface area contributed by atoms with Gasteiger partial charge < -0.3 is 10.4 Å². The van der Waals surface area contributed by atoms with E-state index in [1.807, 2.05) is 0 Å². The van der Waals surface area contributed by atoms with E-state index < -0.39 is 28.2 Å². The second kappa shape index (κ2) is 7.37. The molecule has 0 radical (unpaired) electrons. The Morgan fingerprint density at radius 2 is 2.12 bits per heavy atom. The van der Waals surface area contributed by atoms with Crippen molar-refractivity contribution in [3.63, 3.8) is 0 Å². The molecule has 0 spiro atoms. The molecule has 0 bridgehead atoms. The van der Waals surface area contributed by atoms with Crippen molar-refractivity contribution in [2.45, 2.75) is 12.5 Å². The highest BCUT2D eigenvalue weighted by Crippen LogP contribution is 2.20. The van der Waals surface area contributed by atoms with Gasteiger partial charge in [0.1, 0.15) is 0 Å². The Labute approximate surface area is 145 Å². The lowest BCUT2D eigenvalue weighted by Gasteiger charge is -2.17. The first kappa shape index (κ1) is 18.5. The molecule has 132 valence electrons. The number of hydrogen-bond donors (Lipinski definition) is 2. The zero-order valence-electron chi connectivity index (χ0n) is 13.0. The summed E-state index contributed by atoms with van der Waals surface area (Å²) in [5.74, 6) is 0. The summed E-state index contributed by atoms with van der Waals surface area (Å²) in [6, 6.07) is 5.18. The number of rotatable bonds is 5. The molecule has 4 amide bonds. The summed E-state index contributed by atoms with van der Waals surface area (Å²) in [5, 5.41) is 13.0. The molecular weight excluding hydrogens is 358 g/mol. The lowest BCUT2D eigenvalue weighted by molar-refractivity contribution is 0.164. The van der Waals surface area contributed by atoms with E-state index >= 15 is 0 Å². The van der Waals surface area contributed by atoms with Crippen molar-refractivity contribution in [2.75, 3.05) is 25.9 Å². The van der Waals surface area contributed by atoms with Gasteiger partial charge in [0.25, 0.3) is 0 Å². The molecule has 1 atom stereocenters. The average Bonchev–Trinajstić information content (AvgIpc) is 2.88. The van der Waals surface area contributed by atoms with Crippen LogP contribution >= 0.6 is 11.6 Å². The molecule has 8 nitrogen and oxygen atoms in total. The van der Waals surface area contributed by atoms with Crippen molar-refractivity contribution in [1.29, 1.82) is 0 Å². The molecular formula is C14H18ClN3O5S. The molecule has 1 aromatic rings. The van der Waals surface area contributed by atoms with Crippen LogP contribution in [0.3, 0.4) is 0 Å². The van der Waals surface area contributed by atoms with Crippen molar-refractivity contribution >= 4 is 33.7 Å². The number of halogens is 1. The third-order valence-corrected chi connectivity index (χ3v) is 4.92. The van der Waals surface area contributed by atoms with Gasteiger partial charge in [-0.05, 0) is 24.1 Å². The summed E-state index contributed by atoms with van der Waals surface area (Å²) in [6.07, 6.45) is 0.322. The van der Waals surface area contributed by atoms with Crippen LogP contribution in [0.2, 0.25) is 5.02 Å². The van der Waals surface area contributed by atoms with Gasteiger partial charge in [0.2, 0.25) is 10.0 Å². The number of carbonyl (C=O) groups excluding carboxylic acids is 2. The fraction of sp³-hybridized carbons (Fsp3) is 0.429. The lowest BCUT2D eigenvalue weighted by atomic mass is 10.1. The van der Waals surface area contributed by atoms with Crippen molar-refractivity contribution in [3.05, 3.63) is 34.9 Å². The summed E-state index contributed by atoms with van der Waals surface area (Å²) < 4.78 is 23.5. The number of aliphatic hydroxyl groups excluding tert-OH is 1. The molecule has 0 aliphatic carbocycles. The van der Waals surface area contributed by atoms with Gasteiger partial charge in [-0.2, -0.15) is 0 Å². The van der Waals surface area contributed by atoms with Crippen LogP contribution < -0.4 is 5.32 Å². The minimum atomic E-state index is -3.68. The van der Waals surface area contributed by atoms with Gasteiger partial charge in [-0.1, -0.05) is 23.7 Å². The maximum atomic E-state index is 12.0. The maximum Gasteiger partial charge on any atom is 0.341 e. The fourth-order valence-corrected chi connectivity index (χ4v) is 3.30. The highest BCUT2D eigenvalue weighted by molar-refractivity contribution is 7.88. The standard InChI is InChI=1S/C14H18ClN3O5S/c1-24(22,23)18-8-7-17(14(18)21)13(20)16-6-5-12(19)10-3-2-4-11(15)9-10/h2-4,9,12,19H,5-8H2,1H3,(H,16,20)/t12-/m1/s1. The van der Waals surface area contributed by atoms with Crippen molar-refractivity contribution < 1.29 is 23.1 Å². The summed E-state index contributed by atoms with van der Waals surface area (Å²) in [4.78, 5) is 24.7. The predicted octanol–water partition coefficient (Wildman–Crippen LogP) is 1.17. The highest BCUT2D eigenvalue weighted by Gasteiger charge is 2.37. The van der Waals surface area contributed by atoms with Crippen LogP contribution in [0, 0.1) is 0 Å². The Hall–Kier alpha value is -1.84. The van der Waals surface area contributed by atoms with E-state index in [1.165, 1.54) is 0 Å². The molecule has 2 rings (SSSR count). The number of nitrogens with one attached hydrogen (secondary N) is 1. The SMILES string of the molecule is CS(=O)(=O)N1CCN(C(=O)NCC[C@@H](O)c2cccc(Cl)c2)C1=O. The topological polar surface area (TPSA) is 107 Å². The van der Waals surface area contributed by atoms with E-state index in [0.717, 1.165) is 11.2 Å². The van der Waals surface area contributed by atoms with Crippen LogP contribution in [-0.4, -0.2) is 60.7 Å². The molecule has 1 aromatic carbocycles. The number of sulfonamides is 1. The van der Waals surface area contributed by atoms with Gasteiger partial charge in [0.15, 0.2) is 0 Å². The van der Waals surface area contributed by atoms with E-state index in [9.17, 15) is 23.1 Å². The number of benzene rings is 1. The first-order valence-electron chi connectivity index (χ1n) is 7.20. The van der Waals surface area contributed by atoms with Gasteiger partial charge in [0.05, 0.1) is 25.4 Å². The van der Waals surface area contributed by atoms with E-state index in [-0.39, 0.29) is 26.1 Å². The number of hydrogen-bond acceptors (Lipinski definition) is 5. The summed E-state index contributed by atoms with van der Waals surface area (Å²) in [5.41, 5.74) is 0.622. The number of carbonyl (C=O) groups is 2. The smallest absolute Gasteiger partial charge is 0.341 e. The first-order valence-corrected chi connectivity index (χ1v) is 9.43.